The predicted octanol–water partition coefficient (Wildman–Crippen LogP) is 1.46. The van der Waals surface area contributed by atoms with Gasteiger partial charge in [-0.05, 0) is 13.0 Å². The first-order chi connectivity index (χ1) is 7.15. The fraction of sp³-hybridized carbons (Fsp3) is 0.222. The third kappa shape index (κ3) is 2.21. The molecule has 0 saturated carbocycles. The van der Waals surface area contributed by atoms with Crippen molar-refractivity contribution in [2.24, 2.45) is 0 Å². The van der Waals surface area contributed by atoms with Gasteiger partial charge in [0.1, 0.15) is 10.3 Å². The maximum Gasteiger partial charge on any atom is 0.341 e. The highest BCUT2D eigenvalue weighted by Gasteiger charge is 2.05. The molecule has 0 spiro atoms. The second-order valence-corrected chi connectivity index (χ2v) is 4.07. The molecule has 0 unspecified atom stereocenters. The van der Waals surface area contributed by atoms with Crippen molar-refractivity contribution in [2.45, 2.75) is 6.92 Å². The summed E-state index contributed by atoms with van der Waals surface area (Å²) >= 11 is 1.45. The van der Waals surface area contributed by atoms with Crippen LogP contribution in [0.5, 0.6) is 5.88 Å². The van der Waals surface area contributed by atoms with Crippen molar-refractivity contribution in [3.8, 4) is 5.88 Å². The molecular weight excluding hydrogens is 216 g/mol. The molecule has 0 aromatic carbocycles. The molecule has 0 amide bonds. The van der Waals surface area contributed by atoms with Crippen LogP contribution in [-0.4, -0.2) is 27.7 Å². The summed E-state index contributed by atoms with van der Waals surface area (Å²) in [6.45, 7) is 1.51. The zero-order valence-corrected chi connectivity index (χ0v) is 8.74. The second kappa shape index (κ2) is 3.82. The smallest absolute Gasteiger partial charge is 0.341 e. The second-order valence-electron chi connectivity index (χ2n) is 2.89. The summed E-state index contributed by atoms with van der Waals surface area (Å²) in [5, 5.41) is 9.35. The molecule has 0 fully saturated rings. The first-order valence-electron chi connectivity index (χ1n) is 4.24. The van der Waals surface area contributed by atoms with Gasteiger partial charge in [-0.2, -0.15) is 0 Å². The van der Waals surface area contributed by atoms with Crippen LogP contribution in [-0.2, 0) is 4.79 Å². The topological polar surface area (TPSA) is 72.3 Å². The summed E-state index contributed by atoms with van der Waals surface area (Å²) < 4.78 is 4.95. The van der Waals surface area contributed by atoms with E-state index in [9.17, 15) is 4.79 Å². The largest absolute Gasteiger partial charge is 0.479 e. The van der Waals surface area contributed by atoms with Gasteiger partial charge in [0.15, 0.2) is 6.61 Å². The van der Waals surface area contributed by atoms with E-state index >= 15 is 0 Å². The van der Waals surface area contributed by atoms with Crippen LogP contribution in [0.2, 0.25) is 0 Å². The van der Waals surface area contributed by atoms with E-state index in [-0.39, 0.29) is 6.61 Å². The minimum absolute atomic E-state index is 0.313. The number of fused-ring (bicyclic) bond motifs is 1. The van der Waals surface area contributed by atoms with Gasteiger partial charge in [-0.1, -0.05) is 11.3 Å². The highest BCUT2D eigenvalue weighted by molar-refractivity contribution is 7.18. The molecule has 0 bridgehead atoms. The number of hydrogen-bond acceptors (Lipinski definition) is 5. The van der Waals surface area contributed by atoms with Gasteiger partial charge >= 0.3 is 5.97 Å². The molecule has 0 aliphatic heterocycles. The normalized spacial score (nSPS) is 10.5. The maximum atomic E-state index is 10.3. The Balaban J connectivity index is 2.26. The van der Waals surface area contributed by atoms with Crippen LogP contribution in [0.1, 0.15) is 5.01 Å². The summed E-state index contributed by atoms with van der Waals surface area (Å²) in [5.74, 6) is -0.703. The Labute approximate surface area is 89.4 Å². The van der Waals surface area contributed by atoms with Gasteiger partial charge in [0, 0.05) is 6.07 Å². The summed E-state index contributed by atoms with van der Waals surface area (Å²) in [6.07, 6.45) is 0. The number of rotatable bonds is 3. The molecule has 5 nitrogen and oxygen atoms in total. The number of hydrogen-bond donors (Lipinski definition) is 1. The van der Waals surface area contributed by atoms with Gasteiger partial charge in [0.2, 0.25) is 5.88 Å². The number of aryl methyl sites for hydroxylation is 1. The molecule has 2 aromatic heterocycles. The molecular formula is C9H8N2O3S. The van der Waals surface area contributed by atoms with Gasteiger partial charge in [-0.15, -0.1) is 0 Å². The van der Waals surface area contributed by atoms with E-state index in [0.29, 0.717) is 5.88 Å². The average molecular weight is 224 g/mol. The molecule has 2 heterocycles. The van der Waals surface area contributed by atoms with Crippen LogP contribution >= 0.6 is 11.3 Å². The molecule has 2 rings (SSSR count). The maximum absolute atomic E-state index is 10.3. The van der Waals surface area contributed by atoms with Crippen LogP contribution in [0, 0.1) is 6.92 Å². The summed E-state index contributed by atoms with van der Waals surface area (Å²) in [5.41, 5.74) is 0.806. The zero-order chi connectivity index (χ0) is 10.8. The minimum atomic E-state index is -1.02. The van der Waals surface area contributed by atoms with Crippen LogP contribution < -0.4 is 4.74 Å². The van der Waals surface area contributed by atoms with Crippen LogP contribution in [0.3, 0.4) is 0 Å². The number of nitrogens with zero attached hydrogens (tertiary/aromatic N) is 2. The number of carboxylic acids is 1. The first-order valence-corrected chi connectivity index (χ1v) is 5.05. The molecule has 2 aromatic rings. The van der Waals surface area contributed by atoms with Gasteiger partial charge in [0.25, 0.3) is 0 Å². The van der Waals surface area contributed by atoms with Crippen LogP contribution in [0.4, 0.5) is 0 Å². The molecule has 0 saturated heterocycles. The predicted molar refractivity (Wildman–Crippen MR) is 55.3 cm³/mol. The van der Waals surface area contributed by atoms with Gasteiger partial charge in [-0.3, -0.25) is 0 Å². The van der Waals surface area contributed by atoms with E-state index < -0.39 is 5.97 Å². The zero-order valence-electron chi connectivity index (χ0n) is 7.93. The Hall–Kier alpha value is -1.69. The number of thiazole rings is 1. The minimum Gasteiger partial charge on any atom is -0.479 e. The number of aliphatic carboxylic acids is 1. The van der Waals surface area contributed by atoms with Crippen molar-refractivity contribution in [1.29, 1.82) is 0 Å². The quantitative estimate of drug-likeness (QED) is 0.854. The van der Waals surface area contributed by atoms with Crippen molar-refractivity contribution in [3.05, 3.63) is 17.1 Å². The summed E-state index contributed by atoms with van der Waals surface area (Å²) in [7, 11) is 0. The van der Waals surface area contributed by atoms with E-state index in [2.05, 4.69) is 9.97 Å². The highest BCUT2D eigenvalue weighted by atomic mass is 32.1. The van der Waals surface area contributed by atoms with Gasteiger partial charge in [-0.25, -0.2) is 14.8 Å². The van der Waals surface area contributed by atoms with Gasteiger partial charge in [0.05, 0.1) is 5.01 Å². The number of carbonyl (C=O) groups is 1. The Bertz CT molecular complexity index is 509. The van der Waals surface area contributed by atoms with E-state index in [1.54, 1.807) is 12.1 Å². The monoisotopic (exact) mass is 224 g/mol. The third-order valence-corrected chi connectivity index (χ3v) is 2.56. The summed E-state index contributed by atoms with van der Waals surface area (Å²) in [4.78, 5) is 19.4. The molecule has 0 radical (unpaired) electrons. The molecule has 0 atom stereocenters. The molecule has 0 aliphatic carbocycles. The lowest BCUT2D eigenvalue weighted by molar-refractivity contribution is -0.139. The van der Waals surface area contributed by atoms with E-state index in [4.69, 9.17) is 9.84 Å². The Kier molecular flexibility index (Phi) is 2.51. The SMILES string of the molecule is Cc1nc2ccc(OCC(=O)O)nc2s1. The van der Waals surface area contributed by atoms with Crippen LogP contribution in [0.15, 0.2) is 12.1 Å². The van der Waals surface area contributed by atoms with Crippen molar-refractivity contribution < 1.29 is 14.6 Å². The number of ether oxygens (including phenoxy) is 1. The number of aromatic nitrogens is 2. The molecule has 1 N–H and O–H groups in total. The van der Waals surface area contributed by atoms with Gasteiger partial charge < -0.3 is 9.84 Å². The Morgan fingerprint density at radius 3 is 3.07 bits per heavy atom. The van der Waals surface area contributed by atoms with Crippen LogP contribution in [0.25, 0.3) is 10.3 Å². The van der Waals surface area contributed by atoms with Crippen molar-refractivity contribution >= 4 is 27.7 Å². The van der Waals surface area contributed by atoms with Crippen molar-refractivity contribution in [3.63, 3.8) is 0 Å². The average Bonchev–Trinajstić information content (AvgIpc) is 2.53. The molecule has 6 heteroatoms. The summed E-state index contributed by atoms with van der Waals surface area (Å²) in [6, 6.07) is 3.38. The highest BCUT2D eigenvalue weighted by Crippen LogP contribution is 2.21. The molecule has 15 heavy (non-hydrogen) atoms. The lowest BCUT2D eigenvalue weighted by Gasteiger charge is -2.00. The third-order valence-electron chi connectivity index (χ3n) is 1.68. The van der Waals surface area contributed by atoms with E-state index in [0.717, 1.165) is 15.4 Å². The fourth-order valence-corrected chi connectivity index (χ4v) is 1.90. The van der Waals surface area contributed by atoms with Crippen molar-refractivity contribution in [2.75, 3.05) is 6.61 Å². The Morgan fingerprint density at radius 2 is 2.33 bits per heavy atom. The lowest BCUT2D eigenvalue weighted by atomic mass is 10.4. The van der Waals surface area contributed by atoms with Crippen molar-refractivity contribution in [1.82, 2.24) is 9.97 Å². The fourth-order valence-electron chi connectivity index (χ4n) is 1.12. The standard InChI is InChI=1S/C9H8N2O3S/c1-5-10-6-2-3-7(11-9(6)15-5)14-4-8(12)13/h2-3H,4H2,1H3,(H,12,13). The lowest BCUT2D eigenvalue weighted by Crippen LogP contribution is -2.09. The number of pyridine rings is 1. The Morgan fingerprint density at radius 1 is 1.53 bits per heavy atom. The molecule has 78 valence electrons. The first kappa shape index (κ1) is 9.85. The molecule has 0 aliphatic rings. The van der Waals surface area contributed by atoms with E-state index in [1.165, 1.54) is 11.3 Å². The van der Waals surface area contributed by atoms with E-state index in [1.807, 2.05) is 6.92 Å². The number of carboxylic acid groups (broad SMARTS) is 1.